The third-order valence-electron chi connectivity index (χ3n) is 3.33. The van der Waals surface area contributed by atoms with Crippen molar-refractivity contribution in [2.75, 3.05) is 13.2 Å². The topological polar surface area (TPSA) is 29.9 Å². The van der Waals surface area contributed by atoms with E-state index >= 15 is 0 Å². The second kappa shape index (κ2) is 5.49. The molecular weight excluding hydrogens is 378 g/mol. The number of hydrogen-bond acceptors (Lipinski definition) is 2. The summed E-state index contributed by atoms with van der Waals surface area (Å²) in [5, 5.41) is 0. The molecule has 1 saturated carbocycles. The van der Waals surface area contributed by atoms with Gasteiger partial charge in [-0.3, -0.25) is 0 Å². The van der Waals surface area contributed by atoms with Crippen LogP contribution >= 0.6 is 34.8 Å². The van der Waals surface area contributed by atoms with Crippen molar-refractivity contribution in [3.05, 3.63) is 26.3 Å². The molecule has 19 heavy (non-hydrogen) atoms. The summed E-state index contributed by atoms with van der Waals surface area (Å²) in [6.45, 7) is 2.11. The molecule has 3 nitrogen and oxygen atoms in total. The SMILES string of the molecule is Fc1cc2c(cc1I)[nH]c(=S)n2CCOCC1CC1. The van der Waals surface area contributed by atoms with Gasteiger partial charge in [-0.2, -0.15) is 0 Å². The van der Waals surface area contributed by atoms with Crippen LogP contribution in [0.25, 0.3) is 11.0 Å². The molecule has 0 atom stereocenters. The van der Waals surface area contributed by atoms with Gasteiger partial charge in [0.25, 0.3) is 0 Å². The van der Waals surface area contributed by atoms with E-state index in [1.165, 1.54) is 18.9 Å². The lowest BCUT2D eigenvalue weighted by molar-refractivity contribution is 0.117. The van der Waals surface area contributed by atoms with Gasteiger partial charge in [0.15, 0.2) is 4.77 Å². The molecule has 0 spiro atoms. The zero-order valence-electron chi connectivity index (χ0n) is 10.3. The Kier molecular flexibility index (Phi) is 3.91. The maximum Gasteiger partial charge on any atom is 0.178 e. The van der Waals surface area contributed by atoms with Crippen LogP contribution in [-0.2, 0) is 11.3 Å². The van der Waals surface area contributed by atoms with E-state index in [1.54, 1.807) is 6.07 Å². The Morgan fingerprint density at radius 3 is 3.00 bits per heavy atom. The first-order chi connectivity index (χ1) is 9.15. The molecule has 1 aliphatic rings. The number of imidazole rings is 1. The summed E-state index contributed by atoms with van der Waals surface area (Å²) in [6, 6.07) is 3.31. The summed E-state index contributed by atoms with van der Waals surface area (Å²) >= 11 is 7.26. The summed E-state index contributed by atoms with van der Waals surface area (Å²) < 4.78 is 22.4. The van der Waals surface area contributed by atoms with E-state index in [-0.39, 0.29) is 5.82 Å². The van der Waals surface area contributed by atoms with E-state index in [9.17, 15) is 4.39 Å². The predicted molar refractivity (Wildman–Crippen MR) is 83.3 cm³/mol. The standard InChI is InChI=1S/C13H14FIN2OS/c14-9-5-12-11(6-10(9)15)16-13(19)17(12)3-4-18-7-8-1-2-8/h5-6,8H,1-4,7H2,(H,16,19). The van der Waals surface area contributed by atoms with E-state index in [2.05, 4.69) is 4.98 Å². The van der Waals surface area contributed by atoms with Crippen molar-refractivity contribution in [3.8, 4) is 0 Å². The molecule has 1 aliphatic carbocycles. The Morgan fingerprint density at radius 1 is 1.47 bits per heavy atom. The Labute approximate surface area is 129 Å². The highest BCUT2D eigenvalue weighted by atomic mass is 127. The smallest absolute Gasteiger partial charge is 0.178 e. The summed E-state index contributed by atoms with van der Waals surface area (Å²) in [6.07, 6.45) is 2.58. The minimum absolute atomic E-state index is 0.213. The molecule has 1 aromatic carbocycles. The summed E-state index contributed by atoms with van der Waals surface area (Å²) in [5.41, 5.74) is 1.68. The van der Waals surface area contributed by atoms with E-state index in [0.717, 1.165) is 23.6 Å². The van der Waals surface area contributed by atoms with Crippen LogP contribution in [0, 0.1) is 20.1 Å². The first-order valence-corrected chi connectivity index (χ1v) is 7.79. The lowest BCUT2D eigenvalue weighted by atomic mass is 10.3. The molecule has 1 heterocycles. The fraction of sp³-hybridized carbons (Fsp3) is 0.462. The zero-order valence-corrected chi connectivity index (χ0v) is 13.3. The van der Waals surface area contributed by atoms with Crippen LogP contribution in [0.3, 0.4) is 0 Å². The molecule has 0 saturated heterocycles. The number of halogens is 2. The molecular formula is C13H14FIN2OS. The first kappa shape index (κ1) is 13.5. The van der Waals surface area contributed by atoms with Crippen LogP contribution in [0.4, 0.5) is 4.39 Å². The molecule has 102 valence electrons. The molecule has 1 aromatic heterocycles. The highest BCUT2D eigenvalue weighted by Gasteiger charge is 2.21. The lowest BCUT2D eigenvalue weighted by Gasteiger charge is -2.06. The Bertz CT molecular complexity index is 662. The van der Waals surface area contributed by atoms with Crippen molar-refractivity contribution in [1.82, 2.24) is 9.55 Å². The largest absolute Gasteiger partial charge is 0.379 e. The average molecular weight is 392 g/mol. The fourth-order valence-electron chi connectivity index (χ4n) is 2.06. The number of nitrogens with one attached hydrogen (secondary N) is 1. The Morgan fingerprint density at radius 2 is 2.26 bits per heavy atom. The first-order valence-electron chi connectivity index (χ1n) is 6.30. The fourth-order valence-corrected chi connectivity index (χ4v) is 2.83. The second-order valence-corrected chi connectivity index (χ2v) is 6.43. The van der Waals surface area contributed by atoms with Crippen LogP contribution in [-0.4, -0.2) is 22.8 Å². The second-order valence-electron chi connectivity index (χ2n) is 4.88. The van der Waals surface area contributed by atoms with E-state index in [1.807, 2.05) is 27.2 Å². The lowest BCUT2D eigenvalue weighted by Crippen LogP contribution is -2.07. The van der Waals surface area contributed by atoms with Crippen LogP contribution in [0.15, 0.2) is 12.1 Å². The van der Waals surface area contributed by atoms with Gasteiger partial charge < -0.3 is 14.3 Å². The normalized spacial score (nSPS) is 15.3. The van der Waals surface area contributed by atoms with Gasteiger partial charge in [0, 0.05) is 19.2 Å². The molecule has 1 N–H and O–H groups in total. The number of benzene rings is 1. The van der Waals surface area contributed by atoms with Gasteiger partial charge in [-0.1, -0.05) is 0 Å². The van der Waals surface area contributed by atoms with Crippen molar-refractivity contribution in [1.29, 1.82) is 0 Å². The molecule has 0 radical (unpaired) electrons. The van der Waals surface area contributed by atoms with Crippen molar-refractivity contribution >= 4 is 45.8 Å². The van der Waals surface area contributed by atoms with E-state index in [4.69, 9.17) is 17.0 Å². The minimum Gasteiger partial charge on any atom is -0.379 e. The summed E-state index contributed by atoms with van der Waals surface area (Å²) in [4.78, 5) is 3.11. The molecule has 0 unspecified atom stereocenters. The molecule has 2 aromatic rings. The van der Waals surface area contributed by atoms with Crippen molar-refractivity contribution < 1.29 is 9.13 Å². The quantitative estimate of drug-likeness (QED) is 0.476. The third kappa shape index (κ3) is 3.00. The minimum atomic E-state index is -0.213. The number of aromatic nitrogens is 2. The highest BCUT2D eigenvalue weighted by molar-refractivity contribution is 14.1. The molecule has 0 bridgehead atoms. The number of rotatable bonds is 5. The van der Waals surface area contributed by atoms with Gasteiger partial charge in [0.05, 0.1) is 21.2 Å². The van der Waals surface area contributed by atoms with Crippen LogP contribution < -0.4 is 0 Å². The van der Waals surface area contributed by atoms with E-state index < -0.39 is 0 Å². The zero-order chi connectivity index (χ0) is 13.4. The molecule has 1 fully saturated rings. The maximum absolute atomic E-state index is 13.6. The van der Waals surface area contributed by atoms with Crippen LogP contribution in [0.2, 0.25) is 0 Å². The number of aromatic amines is 1. The molecule has 6 heteroatoms. The maximum atomic E-state index is 13.6. The molecule has 0 amide bonds. The number of hydrogen-bond donors (Lipinski definition) is 1. The number of ether oxygens (including phenoxy) is 1. The summed E-state index contributed by atoms with van der Waals surface area (Å²) in [5.74, 6) is 0.546. The van der Waals surface area contributed by atoms with Crippen molar-refractivity contribution in [3.63, 3.8) is 0 Å². The highest BCUT2D eigenvalue weighted by Crippen LogP contribution is 2.28. The van der Waals surface area contributed by atoms with Gasteiger partial charge in [-0.05, 0) is 59.6 Å². The molecule has 3 rings (SSSR count). The average Bonchev–Trinajstić information content (AvgIpc) is 3.13. The van der Waals surface area contributed by atoms with Crippen molar-refractivity contribution in [2.24, 2.45) is 5.92 Å². The van der Waals surface area contributed by atoms with Gasteiger partial charge in [0.1, 0.15) is 5.82 Å². The van der Waals surface area contributed by atoms with Crippen LogP contribution in [0.5, 0.6) is 0 Å². The third-order valence-corrected chi connectivity index (χ3v) is 4.47. The Hall–Kier alpha value is -0.470. The van der Waals surface area contributed by atoms with E-state index in [0.29, 0.717) is 21.5 Å². The summed E-state index contributed by atoms with van der Waals surface area (Å²) in [7, 11) is 0. The van der Waals surface area contributed by atoms with Crippen LogP contribution in [0.1, 0.15) is 12.8 Å². The van der Waals surface area contributed by atoms with Crippen molar-refractivity contribution in [2.45, 2.75) is 19.4 Å². The Balaban J connectivity index is 1.78. The monoisotopic (exact) mass is 392 g/mol. The number of H-pyrrole nitrogens is 1. The van der Waals surface area contributed by atoms with Gasteiger partial charge >= 0.3 is 0 Å². The van der Waals surface area contributed by atoms with Gasteiger partial charge in [-0.15, -0.1) is 0 Å². The molecule has 0 aliphatic heterocycles. The predicted octanol–water partition coefficient (Wildman–Crippen LogP) is 3.87. The van der Waals surface area contributed by atoms with Gasteiger partial charge in [0.2, 0.25) is 0 Å². The number of fused-ring (bicyclic) bond motifs is 1. The van der Waals surface area contributed by atoms with Gasteiger partial charge in [-0.25, -0.2) is 4.39 Å². The number of nitrogens with zero attached hydrogens (tertiary/aromatic N) is 1.